The van der Waals surface area contributed by atoms with Crippen LogP contribution in [-0.2, 0) is 9.84 Å². The molecule has 1 heterocycles. The molecule has 0 bridgehead atoms. The van der Waals surface area contributed by atoms with Gasteiger partial charge in [-0.05, 0) is 25.4 Å². The minimum absolute atomic E-state index is 0. The van der Waals surface area contributed by atoms with Crippen molar-refractivity contribution in [3.05, 3.63) is 0 Å². The number of rotatable bonds is 2. The predicted octanol–water partition coefficient (Wildman–Crippen LogP) is 0.952. The van der Waals surface area contributed by atoms with Gasteiger partial charge in [-0.25, -0.2) is 8.42 Å². The van der Waals surface area contributed by atoms with E-state index in [2.05, 4.69) is 5.32 Å². The van der Waals surface area contributed by atoms with Crippen LogP contribution in [0.1, 0.15) is 6.42 Å². The molecule has 1 fully saturated rings. The van der Waals surface area contributed by atoms with E-state index in [1.54, 1.807) is 0 Å². The standard InChI is InChI=1S/C6H10F3NO2S.ClH/c7-6(8,9)13(11,12)4-5-1-2-10-3-5;/h5,10H,1-4H2;1H. The largest absolute Gasteiger partial charge is 0.497 e. The topological polar surface area (TPSA) is 46.2 Å². The molecule has 0 aromatic heterocycles. The molecular weight excluding hydrogens is 243 g/mol. The van der Waals surface area contributed by atoms with Gasteiger partial charge in [-0.3, -0.25) is 0 Å². The van der Waals surface area contributed by atoms with Gasteiger partial charge in [-0.15, -0.1) is 12.4 Å². The van der Waals surface area contributed by atoms with Crippen molar-refractivity contribution in [1.82, 2.24) is 5.32 Å². The number of nitrogens with one attached hydrogen (secondary N) is 1. The molecule has 0 spiro atoms. The highest BCUT2D eigenvalue weighted by Gasteiger charge is 2.46. The lowest BCUT2D eigenvalue weighted by Crippen LogP contribution is -2.30. The zero-order chi connectivity index (χ0) is 10.1. The summed E-state index contributed by atoms with van der Waals surface area (Å²) in [5, 5.41) is 2.81. The van der Waals surface area contributed by atoms with Crippen molar-refractivity contribution in [2.45, 2.75) is 11.9 Å². The van der Waals surface area contributed by atoms with Crippen LogP contribution in [0.25, 0.3) is 0 Å². The van der Waals surface area contributed by atoms with Gasteiger partial charge in [0, 0.05) is 0 Å². The van der Waals surface area contributed by atoms with Crippen LogP contribution in [0.5, 0.6) is 0 Å². The van der Waals surface area contributed by atoms with Crippen molar-refractivity contribution in [2.75, 3.05) is 18.8 Å². The van der Waals surface area contributed by atoms with E-state index >= 15 is 0 Å². The van der Waals surface area contributed by atoms with Gasteiger partial charge < -0.3 is 5.32 Å². The Hall–Kier alpha value is -0.0100. The Labute approximate surface area is 86.4 Å². The molecule has 1 rings (SSSR count). The summed E-state index contributed by atoms with van der Waals surface area (Å²) in [6.45, 7) is 0.952. The maximum Gasteiger partial charge on any atom is 0.497 e. The average Bonchev–Trinajstić information content (AvgIpc) is 2.35. The number of alkyl halides is 3. The SMILES string of the molecule is Cl.O=S(=O)(CC1CCNC1)C(F)(F)F. The van der Waals surface area contributed by atoms with Crippen molar-refractivity contribution in [3.8, 4) is 0 Å². The third-order valence-electron chi connectivity index (χ3n) is 1.97. The van der Waals surface area contributed by atoms with Gasteiger partial charge in [0.05, 0.1) is 5.75 Å². The molecular formula is C6H11ClF3NO2S. The van der Waals surface area contributed by atoms with Gasteiger partial charge in [0.15, 0.2) is 0 Å². The van der Waals surface area contributed by atoms with Gasteiger partial charge in [0.25, 0.3) is 0 Å². The normalized spacial score (nSPS) is 23.2. The molecule has 0 saturated carbocycles. The molecule has 1 aliphatic rings. The fourth-order valence-corrected chi connectivity index (χ4v) is 2.36. The molecule has 1 N–H and O–H groups in total. The summed E-state index contributed by atoms with van der Waals surface area (Å²) >= 11 is 0. The first-order valence-corrected chi connectivity index (χ1v) is 5.48. The van der Waals surface area contributed by atoms with Gasteiger partial charge in [-0.1, -0.05) is 0 Å². The summed E-state index contributed by atoms with van der Waals surface area (Å²) in [6.07, 6.45) is 0.495. The van der Waals surface area contributed by atoms with E-state index < -0.39 is 27.0 Å². The smallest absolute Gasteiger partial charge is 0.316 e. The fraction of sp³-hybridized carbons (Fsp3) is 1.00. The van der Waals surface area contributed by atoms with Crippen LogP contribution in [0.3, 0.4) is 0 Å². The second kappa shape index (κ2) is 4.67. The van der Waals surface area contributed by atoms with Crippen molar-refractivity contribution < 1.29 is 21.6 Å². The van der Waals surface area contributed by atoms with Crippen molar-refractivity contribution in [2.24, 2.45) is 5.92 Å². The zero-order valence-electron chi connectivity index (χ0n) is 7.17. The lowest BCUT2D eigenvalue weighted by molar-refractivity contribution is -0.0438. The molecule has 0 amide bonds. The van der Waals surface area contributed by atoms with E-state index in [0.29, 0.717) is 19.5 Å². The van der Waals surface area contributed by atoms with E-state index in [-0.39, 0.29) is 12.4 Å². The maximum absolute atomic E-state index is 11.9. The Morgan fingerprint density at radius 2 is 1.93 bits per heavy atom. The fourth-order valence-electron chi connectivity index (χ4n) is 1.26. The molecule has 0 aliphatic carbocycles. The van der Waals surface area contributed by atoms with Gasteiger partial charge in [0.1, 0.15) is 0 Å². The van der Waals surface area contributed by atoms with Crippen LogP contribution in [0.15, 0.2) is 0 Å². The second-order valence-electron chi connectivity index (χ2n) is 3.09. The predicted molar refractivity (Wildman–Crippen MR) is 48.1 cm³/mol. The Balaban J connectivity index is 0.00000169. The first kappa shape index (κ1) is 14.0. The van der Waals surface area contributed by atoms with E-state index in [9.17, 15) is 21.6 Å². The number of hydrogen-bond acceptors (Lipinski definition) is 3. The van der Waals surface area contributed by atoms with E-state index in [1.807, 2.05) is 0 Å². The lowest BCUT2D eigenvalue weighted by Gasteiger charge is -2.11. The summed E-state index contributed by atoms with van der Waals surface area (Å²) in [7, 11) is -4.92. The monoisotopic (exact) mass is 253 g/mol. The quantitative estimate of drug-likeness (QED) is 0.797. The Morgan fingerprint density at radius 3 is 2.29 bits per heavy atom. The molecule has 3 nitrogen and oxygen atoms in total. The average molecular weight is 254 g/mol. The minimum Gasteiger partial charge on any atom is -0.316 e. The van der Waals surface area contributed by atoms with Crippen LogP contribution in [0.4, 0.5) is 13.2 Å². The molecule has 14 heavy (non-hydrogen) atoms. The lowest BCUT2D eigenvalue weighted by atomic mass is 10.2. The third-order valence-corrected chi connectivity index (χ3v) is 3.59. The summed E-state index contributed by atoms with van der Waals surface area (Å²) in [4.78, 5) is 0. The first-order valence-electron chi connectivity index (χ1n) is 3.82. The van der Waals surface area contributed by atoms with Crippen LogP contribution in [0, 0.1) is 5.92 Å². The highest BCUT2D eigenvalue weighted by molar-refractivity contribution is 7.92. The van der Waals surface area contributed by atoms with Crippen molar-refractivity contribution in [3.63, 3.8) is 0 Å². The highest BCUT2D eigenvalue weighted by Crippen LogP contribution is 2.26. The first-order chi connectivity index (χ1) is 5.83. The minimum atomic E-state index is -5.10. The van der Waals surface area contributed by atoms with Gasteiger partial charge in [-0.2, -0.15) is 13.2 Å². The van der Waals surface area contributed by atoms with Crippen LogP contribution in [-0.4, -0.2) is 32.8 Å². The molecule has 86 valence electrons. The summed E-state index contributed by atoms with van der Waals surface area (Å²) in [6, 6.07) is 0. The van der Waals surface area contributed by atoms with Crippen molar-refractivity contribution in [1.29, 1.82) is 0 Å². The van der Waals surface area contributed by atoms with Crippen LogP contribution in [0.2, 0.25) is 0 Å². The van der Waals surface area contributed by atoms with E-state index in [1.165, 1.54) is 0 Å². The number of sulfone groups is 1. The maximum atomic E-state index is 11.9. The molecule has 1 unspecified atom stereocenters. The van der Waals surface area contributed by atoms with Gasteiger partial charge in [0.2, 0.25) is 9.84 Å². The number of halogens is 4. The van der Waals surface area contributed by atoms with Crippen LogP contribution >= 0.6 is 12.4 Å². The summed E-state index contributed by atoms with van der Waals surface area (Å²) in [5.41, 5.74) is -5.10. The van der Waals surface area contributed by atoms with Crippen molar-refractivity contribution >= 4 is 22.2 Å². The Kier molecular flexibility index (Phi) is 4.67. The molecule has 1 aliphatic heterocycles. The Morgan fingerprint density at radius 1 is 1.36 bits per heavy atom. The third kappa shape index (κ3) is 3.29. The molecule has 0 aromatic rings. The molecule has 0 radical (unpaired) electrons. The number of hydrogen-bond donors (Lipinski definition) is 1. The molecule has 8 heteroatoms. The van der Waals surface area contributed by atoms with E-state index in [4.69, 9.17) is 0 Å². The second-order valence-corrected chi connectivity index (χ2v) is 5.11. The van der Waals surface area contributed by atoms with Gasteiger partial charge >= 0.3 is 5.51 Å². The summed E-state index contributed by atoms with van der Waals surface area (Å²) in [5.74, 6) is -1.18. The molecule has 0 aromatic carbocycles. The van der Waals surface area contributed by atoms with E-state index in [0.717, 1.165) is 0 Å². The molecule has 1 saturated heterocycles. The highest BCUT2D eigenvalue weighted by atomic mass is 35.5. The zero-order valence-corrected chi connectivity index (χ0v) is 8.81. The van der Waals surface area contributed by atoms with Crippen LogP contribution < -0.4 is 5.32 Å². The Bertz CT molecular complexity index is 271. The summed E-state index contributed by atoms with van der Waals surface area (Å²) < 4.78 is 56.9. The molecule has 1 atom stereocenters.